The molecule has 4 rings (SSSR count). The number of fused-ring (bicyclic) bond motifs is 1. The van der Waals surface area contributed by atoms with Crippen LogP contribution in [0.25, 0.3) is 22.2 Å². The van der Waals surface area contributed by atoms with Crippen LogP contribution in [0.4, 0.5) is 14.5 Å². The number of sulfonamides is 1. The number of halogens is 2. The minimum absolute atomic E-state index is 0.00142. The Kier molecular flexibility index (Phi) is 5.24. The Morgan fingerprint density at radius 2 is 1.97 bits per heavy atom. The molecule has 0 spiro atoms. The number of aromatic amines is 1. The maximum atomic E-state index is 15.0. The first-order valence-electron chi connectivity index (χ1n) is 9.21. The average Bonchev–Trinajstić information content (AvgIpc) is 3.19. The van der Waals surface area contributed by atoms with Gasteiger partial charge in [-0.05, 0) is 31.2 Å². The predicted molar refractivity (Wildman–Crippen MR) is 112 cm³/mol. The molecule has 2 N–H and O–H groups in total. The van der Waals surface area contributed by atoms with E-state index in [1.54, 1.807) is 30.7 Å². The molecule has 0 aliphatic heterocycles. The van der Waals surface area contributed by atoms with Gasteiger partial charge in [-0.3, -0.25) is 14.5 Å². The molecule has 0 saturated carbocycles. The summed E-state index contributed by atoms with van der Waals surface area (Å²) in [6.45, 7) is 1.37. The number of ketones is 1. The van der Waals surface area contributed by atoms with Crippen LogP contribution in [0.5, 0.6) is 0 Å². The highest BCUT2D eigenvalue weighted by Gasteiger charge is 2.25. The molecule has 0 atom stereocenters. The van der Waals surface area contributed by atoms with Gasteiger partial charge in [-0.1, -0.05) is 6.07 Å². The van der Waals surface area contributed by atoms with Crippen LogP contribution in [-0.2, 0) is 10.0 Å². The molecule has 0 aliphatic carbocycles. The normalized spacial score (nSPS) is 11.6. The highest BCUT2D eigenvalue weighted by molar-refractivity contribution is 7.92. The Balaban J connectivity index is 1.81. The SMILES string of the molecule is CCS(=O)(=O)Nc1ccc(F)c(C(=O)c2c[nH]c3ncc(-c4cccnc4)cc23)c1F. The van der Waals surface area contributed by atoms with E-state index in [0.717, 1.165) is 17.7 Å². The van der Waals surface area contributed by atoms with E-state index in [4.69, 9.17) is 0 Å². The van der Waals surface area contributed by atoms with E-state index in [1.165, 1.54) is 13.1 Å². The number of carbonyl (C=O) groups excluding carboxylic acids is 1. The predicted octanol–water partition coefficient (Wildman–Crippen LogP) is 3.90. The molecule has 0 aliphatic rings. The van der Waals surface area contributed by atoms with Crippen LogP contribution in [0.15, 0.2) is 55.1 Å². The van der Waals surface area contributed by atoms with Crippen molar-refractivity contribution >= 4 is 32.5 Å². The van der Waals surface area contributed by atoms with Crippen molar-refractivity contribution < 1.29 is 22.0 Å². The molecule has 3 aromatic heterocycles. The molecule has 0 bridgehead atoms. The number of nitrogens with one attached hydrogen (secondary N) is 2. The summed E-state index contributed by atoms with van der Waals surface area (Å²) in [5.41, 5.74) is 0.426. The van der Waals surface area contributed by atoms with Crippen LogP contribution in [0.3, 0.4) is 0 Å². The smallest absolute Gasteiger partial charge is 0.232 e. The Labute approximate surface area is 176 Å². The first kappa shape index (κ1) is 20.6. The molecule has 7 nitrogen and oxygen atoms in total. The third-order valence-electron chi connectivity index (χ3n) is 4.73. The maximum Gasteiger partial charge on any atom is 0.232 e. The zero-order valence-corrected chi connectivity index (χ0v) is 17.0. The van der Waals surface area contributed by atoms with Crippen LogP contribution >= 0.6 is 0 Å². The number of anilines is 1. The second-order valence-corrected chi connectivity index (χ2v) is 8.69. The van der Waals surface area contributed by atoms with Gasteiger partial charge in [-0.2, -0.15) is 0 Å². The molecule has 31 heavy (non-hydrogen) atoms. The second-order valence-electron chi connectivity index (χ2n) is 6.68. The van der Waals surface area contributed by atoms with Crippen LogP contribution < -0.4 is 4.72 Å². The fourth-order valence-corrected chi connectivity index (χ4v) is 3.73. The summed E-state index contributed by atoms with van der Waals surface area (Å²) < 4.78 is 55.0. The number of nitrogens with zero attached hydrogens (tertiary/aromatic N) is 2. The molecule has 158 valence electrons. The van der Waals surface area contributed by atoms with Gasteiger partial charge in [0.05, 0.1) is 17.0 Å². The van der Waals surface area contributed by atoms with Crippen LogP contribution in [0.1, 0.15) is 22.8 Å². The van der Waals surface area contributed by atoms with Crippen LogP contribution in [0.2, 0.25) is 0 Å². The van der Waals surface area contributed by atoms with Gasteiger partial charge in [0.15, 0.2) is 5.82 Å². The lowest BCUT2D eigenvalue weighted by Crippen LogP contribution is -2.17. The third kappa shape index (κ3) is 3.89. The van der Waals surface area contributed by atoms with Crippen molar-refractivity contribution in [3.63, 3.8) is 0 Å². The number of rotatable bonds is 6. The van der Waals surface area contributed by atoms with E-state index in [2.05, 4.69) is 15.0 Å². The zero-order valence-electron chi connectivity index (χ0n) is 16.2. The Hall–Kier alpha value is -3.66. The largest absolute Gasteiger partial charge is 0.345 e. The number of carbonyl (C=O) groups is 1. The third-order valence-corrected chi connectivity index (χ3v) is 6.03. The standard InChI is InChI=1S/C21H16F2N4O3S/c1-2-31(29,30)27-17-6-5-16(22)18(19(17)23)20(28)15-11-26-21-14(15)8-13(10-25-21)12-4-3-7-24-9-12/h3-11,27H,2H2,1H3,(H,25,26). The first-order chi connectivity index (χ1) is 14.8. The lowest BCUT2D eigenvalue weighted by atomic mass is 10.00. The minimum Gasteiger partial charge on any atom is -0.345 e. The Morgan fingerprint density at radius 3 is 2.68 bits per heavy atom. The van der Waals surface area contributed by atoms with E-state index < -0.39 is 38.7 Å². The Morgan fingerprint density at radius 1 is 1.16 bits per heavy atom. The fourth-order valence-electron chi connectivity index (χ4n) is 3.10. The van der Waals surface area contributed by atoms with E-state index in [0.29, 0.717) is 16.6 Å². The van der Waals surface area contributed by atoms with Crippen molar-refractivity contribution in [3.05, 3.63) is 77.9 Å². The molecule has 0 amide bonds. The molecule has 0 fully saturated rings. The highest BCUT2D eigenvalue weighted by atomic mass is 32.2. The summed E-state index contributed by atoms with van der Waals surface area (Å²) >= 11 is 0. The number of hydrogen-bond acceptors (Lipinski definition) is 5. The first-order valence-corrected chi connectivity index (χ1v) is 10.9. The molecule has 3 heterocycles. The number of benzene rings is 1. The van der Waals surface area contributed by atoms with E-state index >= 15 is 0 Å². The monoisotopic (exact) mass is 442 g/mol. The fraction of sp³-hybridized carbons (Fsp3) is 0.0952. The summed E-state index contributed by atoms with van der Waals surface area (Å²) in [6.07, 6.45) is 6.14. The lowest BCUT2D eigenvalue weighted by molar-refractivity contribution is 0.103. The van der Waals surface area contributed by atoms with Gasteiger partial charge in [0, 0.05) is 46.9 Å². The van der Waals surface area contributed by atoms with Crippen molar-refractivity contribution in [1.29, 1.82) is 0 Å². The van der Waals surface area contributed by atoms with Crippen molar-refractivity contribution in [2.24, 2.45) is 0 Å². The number of aromatic nitrogens is 3. The van der Waals surface area contributed by atoms with E-state index in [1.807, 2.05) is 10.8 Å². The summed E-state index contributed by atoms with van der Waals surface area (Å²) in [4.78, 5) is 24.2. The molecule has 0 unspecified atom stereocenters. The number of pyridine rings is 2. The molecular formula is C21H16F2N4O3S. The van der Waals surface area contributed by atoms with Gasteiger partial charge in [-0.15, -0.1) is 0 Å². The van der Waals surface area contributed by atoms with Gasteiger partial charge in [0.1, 0.15) is 11.5 Å². The molecule has 0 radical (unpaired) electrons. The maximum absolute atomic E-state index is 15.0. The second kappa shape index (κ2) is 7.88. The van der Waals surface area contributed by atoms with E-state index in [9.17, 15) is 22.0 Å². The summed E-state index contributed by atoms with van der Waals surface area (Å²) in [6, 6.07) is 7.01. The summed E-state index contributed by atoms with van der Waals surface area (Å²) in [7, 11) is -3.82. The van der Waals surface area contributed by atoms with Gasteiger partial charge in [0.25, 0.3) is 0 Å². The van der Waals surface area contributed by atoms with Crippen molar-refractivity contribution in [2.45, 2.75) is 6.92 Å². The van der Waals surface area contributed by atoms with Gasteiger partial charge in [-0.25, -0.2) is 22.2 Å². The van der Waals surface area contributed by atoms with Crippen molar-refractivity contribution in [2.75, 3.05) is 10.5 Å². The molecule has 10 heteroatoms. The zero-order chi connectivity index (χ0) is 22.2. The van der Waals surface area contributed by atoms with Gasteiger partial charge < -0.3 is 4.98 Å². The minimum atomic E-state index is -3.82. The van der Waals surface area contributed by atoms with Gasteiger partial charge in [0.2, 0.25) is 15.8 Å². The summed E-state index contributed by atoms with van der Waals surface area (Å²) in [5.74, 6) is -3.64. The number of hydrogen-bond donors (Lipinski definition) is 2. The van der Waals surface area contributed by atoms with Gasteiger partial charge >= 0.3 is 0 Å². The quantitative estimate of drug-likeness (QED) is 0.441. The molecule has 4 aromatic rings. The van der Waals surface area contributed by atoms with Crippen LogP contribution in [-0.4, -0.2) is 34.9 Å². The molecule has 1 aromatic carbocycles. The summed E-state index contributed by atoms with van der Waals surface area (Å²) in [5, 5.41) is 0.365. The van der Waals surface area contributed by atoms with Crippen molar-refractivity contribution in [1.82, 2.24) is 15.0 Å². The Bertz CT molecular complexity index is 1400. The average molecular weight is 442 g/mol. The molecule has 0 saturated heterocycles. The molecular weight excluding hydrogens is 426 g/mol. The highest BCUT2D eigenvalue weighted by Crippen LogP contribution is 2.29. The van der Waals surface area contributed by atoms with Crippen molar-refractivity contribution in [3.8, 4) is 11.1 Å². The lowest BCUT2D eigenvalue weighted by Gasteiger charge is -2.11. The van der Waals surface area contributed by atoms with E-state index in [-0.39, 0.29) is 11.3 Å². The van der Waals surface area contributed by atoms with Crippen LogP contribution in [0, 0.1) is 11.6 Å². The topological polar surface area (TPSA) is 105 Å². The number of H-pyrrole nitrogens is 1.